The van der Waals surface area contributed by atoms with Gasteiger partial charge in [-0.3, -0.25) is 14.6 Å². The lowest BCUT2D eigenvalue weighted by Crippen LogP contribution is -2.31. The minimum Gasteiger partial charge on any atom is -0.361 e. The van der Waals surface area contributed by atoms with Gasteiger partial charge in [-0.1, -0.05) is 29.8 Å². The molecule has 1 atom stereocenters. The van der Waals surface area contributed by atoms with Crippen LogP contribution in [0.1, 0.15) is 12.0 Å². The smallest absolute Gasteiger partial charge is 0.247 e. The number of thioether (sulfide) groups is 1. The molecule has 5 rings (SSSR count). The van der Waals surface area contributed by atoms with E-state index >= 15 is 0 Å². The summed E-state index contributed by atoms with van der Waals surface area (Å²) in [6.45, 7) is 0. The number of nitrogens with one attached hydrogen (secondary N) is 1. The van der Waals surface area contributed by atoms with Crippen LogP contribution >= 0.6 is 23.4 Å². The molecule has 1 N–H and O–H groups in total. The Morgan fingerprint density at radius 1 is 1.03 bits per heavy atom. The summed E-state index contributed by atoms with van der Waals surface area (Å²) in [4.78, 5) is 35.4. The van der Waals surface area contributed by atoms with Gasteiger partial charge in [0.05, 0.1) is 16.6 Å². The number of anilines is 1. The van der Waals surface area contributed by atoms with Crippen LogP contribution in [0.5, 0.6) is 0 Å². The number of halogens is 1. The van der Waals surface area contributed by atoms with Crippen LogP contribution in [0.15, 0.2) is 88.9 Å². The highest BCUT2D eigenvalue weighted by molar-refractivity contribution is 8.00. The van der Waals surface area contributed by atoms with E-state index in [1.54, 1.807) is 6.21 Å². The molecule has 0 bridgehead atoms. The van der Waals surface area contributed by atoms with E-state index in [1.165, 1.54) is 16.7 Å². The van der Waals surface area contributed by atoms with E-state index in [4.69, 9.17) is 11.6 Å². The number of rotatable bonds is 5. The second-order valence-corrected chi connectivity index (χ2v) is 9.15. The van der Waals surface area contributed by atoms with Crippen molar-refractivity contribution in [2.24, 2.45) is 4.99 Å². The van der Waals surface area contributed by atoms with Crippen molar-refractivity contribution in [3.8, 4) is 0 Å². The quantitative estimate of drug-likeness (QED) is 0.294. The third-order valence-corrected chi connectivity index (χ3v) is 6.66. The normalized spacial score (nSPS) is 16.5. The van der Waals surface area contributed by atoms with Crippen molar-refractivity contribution < 1.29 is 9.59 Å². The van der Waals surface area contributed by atoms with Crippen molar-refractivity contribution >= 4 is 63.7 Å². The summed E-state index contributed by atoms with van der Waals surface area (Å²) < 4.78 is 0. The zero-order valence-corrected chi connectivity index (χ0v) is 18.4. The number of carbonyl (C=O) groups is 2. The van der Waals surface area contributed by atoms with Gasteiger partial charge in [0, 0.05) is 34.3 Å². The highest BCUT2D eigenvalue weighted by Gasteiger charge is 2.40. The topological polar surface area (TPSA) is 65.5 Å². The zero-order valence-electron chi connectivity index (χ0n) is 16.9. The lowest BCUT2D eigenvalue weighted by Gasteiger charge is -2.15. The lowest BCUT2D eigenvalue weighted by atomic mass is 10.2. The van der Waals surface area contributed by atoms with Gasteiger partial charge in [0.25, 0.3) is 0 Å². The summed E-state index contributed by atoms with van der Waals surface area (Å²) in [7, 11) is 0. The first-order chi connectivity index (χ1) is 15.6. The number of carbonyl (C=O) groups excluding carboxylic acids is 2. The Kier molecular flexibility index (Phi) is 5.55. The first kappa shape index (κ1) is 20.5. The maximum atomic E-state index is 13.0. The van der Waals surface area contributed by atoms with Gasteiger partial charge in [0.15, 0.2) is 0 Å². The van der Waals surface area contributed by atoms with Gasteiger partial charge in [0.1, 0.15) is 0 Å². The van der Waals surface area contributed by atoms with Gasteiger partial charge in [-0.05, 0) is 65.5 Å². The maximum Gasteiger partial charge on any atom is 0.247 e. The molecule has 1 saturated heterocycles. The summed E-state index contributed by atoms with van der Waals surface area (Å²) in [5, 5.41) is 1.26. The molecule has 0 spiro atoms. The highest BCUT2D eigenvalue weighted by Crippen LogP contribution is 2.35. The van der Waals surface area contributed by atoms with E-state index in [1.807, 2.05) is 79.0 Å². The minimum absolute atomic E-state index is 0.179. The Balaban J connectivity index is 1.28. The van der Waals surface area contributed by atoms with Crippen molar-refractivity contribution in [2.45, 2.75) is 16.6 Å². The molecule has 5 nitrogen and oxygen atoms in total. The predicted molar refractivity (Wildman–Crippen MR) is 130 cm³/mol. The summed E-state index contributed by atoms with van der Waals surface area (Å²) >= 11 is 7.40. The van der Waals surface area contributed by atoms with Crippen LogP contribution in [0.2, 0.25) is 5.02 Å². The second-order valence-electron chi connectivity index (χ2n) is 7.43. The van der Waals surface area contributed by atoms with Crippen LogP contribution in [-0.4, -0.2) is 28.3 Å². The second kappa shape index (κ2) is 8.65. The number of nitrogens with zero attached hydrogens (tertiary/aromatic N) is 2. The summed E-state index contributed by atoms with van der Waals surface area (Å²) in [6.07, 6.45) is 3.77. The van der Waals surface area contributed by atoms with Crippen LogP contribution in [0.4, 0.5) is 11.4 Å². The highest BCUT2D eigenvalue weighted by atomic mass is 35.5. The van der Waals surface area contributed by atoms with E-state index in [2.05, 4.69) is 9.98 Å². The lowest BCUT2D eigenvalue weighted by molar-refractivity contribution is -0.121. The largest absolute Gasteiger partial charge is 0.361 e. The summed E-state index contributed by atoms with van der Waals surface area (Å²) in [5.74, 6) is -0.366. The van der Waals surface area contributed by atoms with E-state index in [-0.39, 0.29) is 18.2 Å². The Bertz CT molecular complexity index is 1350. The third-order valence-electron chi connectivity index (χ3n) is 5.23. The van der Waals surface area contributed by atoms with E-state index in [0.29, 0.717) is 10.7 Å². The fourth-order valence-corrected chi connectivity index (χ4v) is 4.91. The Labute approximate surface area is 194 Å². The molecule has 7 heteroatoms. The van der Waals surface area contributed by atoms with Crippen molar-refractivity contribution in [1.29, 1.82) is 0 Å². The molecule has 0 radical (unpaired) electrons. The van der Waals surface area contributed by atoms with Crippen LogP contribution in [0.25, 0.3) is 10.9 Å². The number of H-pyrrole nitrogens is 1. The molecule has 32 heavy (non-hydrogen) atoms. The molecule has 1 aromatic heterocycles. The molecule has 1 aliphatic heterocycles. The molecular formula is C25H18ClN3O2S. The van der Waals surface area contributed by atoms with Crippen LogP contribution in [0, 0.1) is 0 Å². The average molecular weight is 460 g/mol. The van der Waals surface area contributed by atoms with Gasteiger partial charge in [0.2, 0.25) is 11.8 Å². The molecule has 2 heterocycles. The molecule has 158 valence electrons. The minimum atomic E-state index is -0.442. The van der Waals surface area contributed by atoms with Crippen molar-refractivity contribution in [2.75, 3.05) is 4.90 Å². The fraction of sp³-hybridized carbons (Fsp3) is 0.0800. The Morgan fingerprint density at radius 2 is 1.88 bits per heavy atom. The number of amides is 2. The number of fused-ring (bicyclic) bond motifs is 1. The molecule has 2 amide bonds. The van der Waals surface area contributed by atoms with Crippen molar-refractivity contribution in [3.05, 3.63) is 89.6 Å². The standard InChI is InChI=1S/C25H18ClN3O2S/c26-18-3-1-2-16(12-18)15-28-19-5-8-21(9-6-19)32-23-14-24(30)29(25(23)31)20-7-4-17-10-11-27-22(17)13-20/h1-13,15,23,27H,14H2. The fourth-order valence-electron chi connectivity index (χ4n) is 3.65. The average Bonchev–Trinajstić information content (AvgIpc) is 3.36. The van der Waals surface area contributed by atoms with Crippen LogP contribution in [0.3, 0.4) is 0 Å². The van der Waals surface area contributed by atoms with Gasteiger partial charge < -0.3 is 4.98 Å². The molecule has 1 fully saturated rings. The first-order valence-electron chi connectivity index (χ1n) is 10.1. The monoisotopic (exact) mass is 459 g/mol. The Morgan fingerprint density at radius 3 is 2.69 bits per heavy atom. The van der Waals surface area contributed by atoms with Gasteiger partial charge in [-0.15, -0.1) is 11.8 Å². The molecule has 3 aromatic carbocycles. The number of hydrogen-bond acceptors (Lipinski definition) is 4. The van der Waals surface area contributed by atoms with Crippen LogP contribution in [-0.2, 0) is 9.59 Å². The number of imide groups is 1. The number of benzene rings is 3. The molecule has 0 saturated carbocycles. The number of aromatic amines is 1. The predicted octanol–water partition coefficient (Wildman–Crippen LogP) is 6.00. The van der Waals surface area contributed by atoms with Gasteiger partial charge in [-0.2, -0.15) is 0 Å². The van der Waals surface area contributed by atoms with Crippen molar-refractivity contribution in [3.63, 3.8) is 0 Å². The van der Waals surface area contributed by atoms with Crippen LogP contribution < -0.4 is 4.90 Å². The molecule has 0 aliphatic carbocycles. The summed E-state index contributed by atoms with van der Waals surface area (Å²) in [5.41, 5.74) is 3.21. The molecule has 1 aliphatic rings. The molecule has 4 aromatic rings. The zero-order chi connectivity index (χ0) is 22.1. The van der Waals surface area contributed by atoms with E-state index in [9.17, 15) is 9.59 Å². The van der Waals surface area contributed by atoms with Gasteiger partial charge in [-0.25, -0.2) is 4.90 Å². The number of aromatic nitrogens is 1. The van der Waals surface area contributed by atoms with Gasteiger partial charge >= 0.3 is 0 Å². The van der Waals surface area contributed by atoms with Crippen molar-refractivity contribution in [1.82, 2.24) is 4.98 Å². The molecule has 1 unspecified atom stereocenters. The first-order valence-corrected chi connectivity index (χ1v) is 11.3. The summed E-state index contributed by atoms with van der Waals surface area (Å²) in [6, 6.07) is 22.6. The Hall–Kier alpha value is -3.35. The number of hydrogen-bond donors (Lipinski definition) is 1. The number of aliphatic imine (C=N–C) groups is 1. The van der Waals surface area contributed by atoms with E-state index < -0.39 is 5.25 Å². The SMILES string of the molecule is O=C1CC(Sc2ccc(N=Cc3cccc(Cl)c3)cc2)C(=O)N1c1ccc2cc[nH]c2c1. The third kappa shape index (κ3) is 4.20. The molecular weight excluding hydrogens is 442 g/mol. The maximum absolute atomic E-state index is 13.0. The van der Waals surface area contributed by atoms with E-state index in [0.717, 1.165) is 27.0 Å².